The molecular weight excluding hydrogens is 424 g/mol. The molecule has 0 bridgehead atoms. The summed E-state index contributed by atoms with van der Waals surface area (Å²) in [6.45, 7) is 4.81. The van der Waals surface area contributed by atoms with Gasteiger partial charge in [0.25, 0.3) is 5.91 Å². The van der Waals surface area contributed by atoms with Crippen molar-refractivity contribution >= 4 is 23.2 Å². The molecule has 166 valence electrons. The number of nitrogens with zero attached hydrogens (tertiary/aromatic N) is 1. The summed E-state index contributed by atoms with van der Waals surface area (Å²) in [5.74, 6) is -0.878. The molecule has 1 amide bonds. The Morgan fingerprint density at radius 2 is 1.69 bits per heavy atom. The highest BCUT2D eigenvalue weighted by molar-refractivity contribution is 7.12. The van der Waals surface area contributed by atoms with Crippen molar-refractivity contribution in [1.82, 2.24) is 10.2 Å². The summed E-state index contributed by atoms with van der Waals surface area (Å²) >= 11 is 1.45. The van der Waals surface area contributed by atoms with E-state index in [1.54, 1.807) is 0 Å². The molecule has 0 aliphatic carbocycles. The lowest BCUT2D eigenvalue weighted by Crippen LogP contribution is -2.41. The van der Waals surface area contributed by atoms with E-state index in [0.717, 1.165) is 60.7 Å². The van der Waals surface area contributed by atoms with E-state index in [1.807, 2.05) is 60.0 Å². The minimum Gasteiger partial charge on any atom is -0.481 e. The first-order valence-electron chi connectivity index (χ1n) is 10.7. The summed E-state index contributed by atoms with van der Waals surface area (Å²) in [6, 6.07) is 17.6. The van der Waals surface area contributed by atoms with E-state index in [4.69, 9.17) is 9.84 Å². The molecule has 1 saturated heterocycles. The Hall–Kier alpha value is -3.00. The molecule has 0 radical (unpaired) electrons. The Kier molecular flexibility index (Phi) is 7.32. The van der Waals surface area contributed by atoms with Crippen molar-refractivity contribution in [2.75, 3.05) is 39.4 Å². The van der Waals surface area contributed by atoms with Gasteiger partial charge in [0.15, 0.2) is 0 Å². The van der Waals surface area contributed by atoms with Gasteiger partial charge in [-0.25, -0.2) is 0 Å². The molecule has 1 aliphatic heterocycles. The number of ether oxygens (including phenoxy) is 1. The monoisotopic (exact) mass is 450 g/mol. The van der Waals surface area contributed by atoms with Crippen molar-refractivity contribution in [3.63, 3.8) is 0 Å². The van der Waals surface area contributed by atoms with E-state index in [0.29, 0.717) is 11.4 Å². The van der Waals surface area contributed by atoms with Gasteiger partial charge in [0.05, 0.1) is 24.5 Å². The summed E-state index contributed by atoms with van der Waals surface area (Å²) in [6.07, 6.45) is 0.0120. The number of morpholine rings is 1. The van der Waals surface area contributed by atoms with Gasteiger partial charge in [-0.1, -0.05) is 48.5 Å². The second-order valence-electron chi connectivity index (χ2n) is 7.76. The zero-order valence-electron chi connectivity index (χ0n) is 17.8. The molecule has 1 aromatic heterocycles. The predicted molar refractivity (Wildman–Crippen MR) is 126 cm³/mol. The van der Waals surface area contributed by atoms with Crippen LogP contribution in [-0.4, -0.2) is 61.3 Å². The van der Waals surface area contributed by atoms with Crippen LogP contribution in [0.5, 0.6) is 0 Å². The number of carbonyl (C=O) groups excluding carboxylic acids is 1. The number of aliphatic carboxylic acids is 1. The summed E-state index contributed by atoms with van der Waals surface area (Å²) in [5.41, 5.74) is 4.85. The minimum atomic E-state index is -0.837. The molecule has 6 nitrogen and oxygen atoms in total. The van der Waals surface area contributed by atoms with E-state index < -0.39 is 5.97 Å². The van der Waals surface area contributed by atoms with Gasteiger partial charge in [-0.15, -0.1) is 11.3 Å². The third-order valence-electron chi connectivity index (χ3n) is 5.47. The van der Waals surface area contributed by atoms with Gasteiger partial charge in [-0.2, -0.15) is 0 Å². The van der Waals surface area contributed by atoms with Crippen LogP contribution in [0.25, 0.3) is 22.3 Å². The number of hydrogen-bond acceptors (Lipinski definition) is 5. The van der Waals surface area contributed by atoms with Gasteiger partial charge in [-0.05, 0) is 39.3 Å². The standard InChI is InChI=1S/C25H26N2O4S/c28-24(29)15-18-2-1-3-21(14-18)19-4-6-20(7-5-19)22-16-23(32-17-22)25(30)26-8-9-27-10-12-31-13-11-27/h1-7,14,16-17H,8-13,15H2,(H,26,30)(H,28,29). The van der Waals surface area contributed by atoms with Gasteiger partial charge in [0.2, 0.25) is 0 Å². The lowest BCUT2D eigenvalue weighted by atomic mass is 9.99. The molecule has 1 fully saturated rings. The zero-order valence-corrected chi connectivity index (χ0v) is 18.6. The molecular formula is C25H26N2O4S. The average Bonchev–Trinajstić information content (AvgIpc) is 3.30. The van der Waals surface area contributed by atoms with E-state index in [9.17, 15) is 9.59 Å². The van der Waals surface area contributed by atoms with Crippen molar-refractivity contribution < 1.29 is 19.4 Å². The minimum absolute atomic E-state index is 0.0120. The van der Waals surface area contributed by atoms with Crippen molar-refractivity contribution in [3.05, 3.63) is 70.4 Å². The lowest BCUT2D eigenvalue weighted by Gasteiger charge is -2.26. The smallest absolute Gasteiger partial charge is 0.307 e. The molecule has 2 heterocycles. The second-order valence-corrected chi connectivity index (χ2v) is 8.67. The van der Waals surface area contributed by atoms with Crippen LogP contribution < -0.4 is 5.32 Å². The van der Waals surface area contributed by atoms with Crippen LogP contribution in [0.15, 0.2) is 60.0 Å². The van der Waals surface area contributed by atoms with E-state index in [-0.39, 0.29) is 12.3 Å². The summed E-state index contributed by atoms with van der Waals surface area (Å²) in [5, 5.41) is 14.0. The van der Waals surface area contributed by atoms with Crippen LogP contribution in [-0.2, 0) is 16.0 Å². The van der Waals surface area contributed by atoms with Crippen LogP contribution in [0.3, 0.4) is 0 Å². The highest BCUT2D eigenvalue weighted by atomic mass is 32.1. The molecule has 3 aromatic rings. The molecule has 0 atom stereocenters. The Balaban J connectivity index is 1.36. The fourth-order valence-electron chi connectivity index (χ4n) is 3.74. The Morgan fingerprint density at radius 3 is 2.41 bits per heavy atom. The first-order chi connectivity index (χ1) is 15.6. The van der Waals surface area contributed by atoms with Crippen molar-refractivity contribution in [2.45, 2.75) is 6.42 Å². The quantitative estimate of drug-likeness (QED) is 0.546. The number of nitrogens with one attached hydrogen (secondary N) is 1. The van der Waals surface area contributed by atoms with Crippen LogP contribution in [0, 0.1) is 0 Å². The fraction of sp³-hybridized carbons (Fsp3) is 0.280. The molecule has 4 rings (SSSR count). The molecule has 0 unspecified atom stereocenters. The summed E-state index contributed by atoms with van der Waals surface area (Å²) < 4.78 is 5.34. The molecule has 2 aromatic carbocycles. The molecule has 1 aliphatic rings. The Morgan fingerprint density at radius 1 is 0.969 bits per heavy atom. The van der Waals surface area contributed by atoms with E-state index >= 15 is 0 Å². The summed E-state index contributed by atoms with van der Waals surface area (Å²) in [4.78, 5) is 26.5. The Bertz CT molecular complexity index is 1070. The summed E-state index contributed by atoms with van der Waals surface area (Å²) in [7, 11) is 0. The SMILES string of the molecule is O=C(O)Cc1cccc(-c2ccc(-c3csc(C(=O)NCCN4CCOCC4)c3)cc2)c1. The van der Waals surface area contributed by atoms with Crippen molar-refractivity contribution in [1.29, 1.82) is 0 Å². The van der Waals surface area contributed by atoms with Crippen LogP contribution in [0.1, 0.15) is 15.2 Å². The molecule has 2 N–H and O–H groups in total. The molecule has 32 heavy (non-hydrogen) atoms. The number of benzene rings is 2. The highest BCUT2D eigenvalue weighted by Gasteiger charge is 2.13. The first kappa shape index (κ1) is 22.2. The third-order valence-corrected chi connectivity index (χ3v) is 6.40. The number of rotatable bonds is 8. The fourth-order valence-corrected chi connectivity index (χ4v) is 4.57. The number of amides is 1. The van der Waals surface area contributed by atoms with Gasteiger partial charge < -0.3 is 15.2 Å². The molecule has 0 spiro atoms. The van der Waals surface area contributed by atoms with Crippen LogP contribution in [0.2, 0.25) is 0 Å². The number of carboxylic acid groups (broad SMARTS) is 1. The van der Waals surface area contributed by atoms with Crippen LogP contribution >= 0.6 is 11.3 Å². The predicted octanol–water partition coefficient (Wildman–Crippen LogP) is 3.77. The number of thiophene rings is 1. The van der Waals surface area contributed by atoms with Crippen LogP contribution in [0.4, 0.5) is 0 Å². The highest BCUT2D eigenvalue weighted by Crippen LogP contribution is 2.28. The zero-order chi connectivity index (χ0) is 22.3. The molecule has 0 saturated carbocycles. The van der Waals surface area contributed by atoms with Gasteiger partial charge in [0.1, 0.15) is 0 Å². The maximum Gasteiger partial charge on any atom is 0.307 e. The van der Waals surface area contributed by atoms with Gasteiger partial charge >= 0.3 is 5.97 Å². The maximum absolute atomic E-state index is 12.5. The lowest BCUT2D eigenvalue weighted by molar-refractivity contribution is -0.136. The van der Waals surface area contributed by atoms with Gasteiger partial charge in [0, 0.05) is 26.2 Å². The average molecular weight is 451 g/mol. The van der Waals surface area contributed by atoms with Crippen molar-refractivity contribution in [3.8, 4) is 22.3 Å². The largest absolute Gasteiger partial charge is 0.481 e. The maximum atomic E-state index is 12.5. The second kappa shape index (κ2) is 10.5. The first-order valence-corrected chi connectivity index (χ1v) is 11.5. The van der Waals surface area contributed by atoms with Gasteiger partial charge in [-0.3, -0.25) is 14.5 Å². The number of carboxylic acids is 1. The number of carbonyl (C=O) groups is 2. The number of hydrogen-bond donors (Lipinski definition) is 2. The van der Waals surface area contributed by atoms with Crippen molar-refractivity contribution in [2.24, 2.45) is 0 Å². The molecule has 7 heteroatoms. The third kappa shape index (κ3) is 5.82. The van der Waals surface area contributed by atoms with E-state index in [1.165, 1.54) is 11.3 Å². The van der Waals surface area contributed by atoms with E-state index in [2.05, 4.69) is 10.2 Å². The topological polar surface area (TPSA) is 78.9 Å². The normalized spacial score (nSPS) is 14.2. The Labute approximate surface area is 191 Å².